The van der Waals surface area contributed by atoms with Gasteiger partial charge in [-0.1, -0.05) is 11.6 Å². The predicted octanol–water partition coefficient (Wildman–Crippen LogP) is 2.32. The Balaban J connectivity index is 2.41. The fourth-order valence-electron chi connectivity index (χ4n) is 1.29. The Morgan fingerprint density at radius 3 is 2.47 bits per heavy atom. The second kappa shape index (κ2) is 3.82. The molecule has 2 rings (SSSR count). The van der Waals surface area contributed by atoms with Crippen molar-refractivity contribution >= 4 is 17.4 Å². The van der Waals surface area contributed by atoms with Gasteiger partial charge >= 0.3 is 0 Å². The number of hydrogen-bond acceptors (Lipinski definition) is 3. The molecule has 0 bridgehead atoms. The molecule has 0 aliphatic heterocycles. The zero-order chi connectivity index (χ0) is 10.8. The van der Waals surface area contributed by atoms with Gasteiger partial charge in [0.1, 0.15) is 10.8 Å². The van der Waals surface area contributed by atoms with Crippen LogP contribution in [0.25, 0.3) is 11.3 Å². The van der Waals surface area contributed by atoms with Gasteiger partial charge in [-0.2, -0.15) is 5.10 Å². The Morgan fingerprint density at radius 2 is 2.00 bits per heavy atom. The van der Waals surface area contributed by atoms with Crippen LogP contribution in [0.15, 0.2) is 24.3 Å². The molecule has 3 N–H and O–H groups in total. The number of methoxy groups -OCH3 is 1. The number of ether oxygens (including phenoxy) is 1. The lowest BCUT2D eigenvalue weighted by molar-refractivity contribution is 0.415. The van der Waals surface area contributed by atoms with Crippen LogP contribution in [0.2, 0.25) is 5.02 Å². The molecule has 0 amide bonds. The lowest BCUT2D eigenvalue weighted by Crippen LogP contribution is -1.84. The molecule has 0 unspecified atom stereocenters. The summed E-state index contributed by atoms with van der Waals surface area (Å²) >= 11 is 5.97. The minimum Gasteiger partial charge on any atom is -0.497 e. The molecule has 0 aliphatic carbocycles. The number of rotatable bonds is 2. The van der Waals surface area contributed by atoms with Crippen molar-refractivity contribution in [3.8, 4) is 17.0 Å². The van der Waals surface area contributed by atoms with Gasteiger partial charge in [-0.25, -0.2) is 0 Å². The van der Waals surface area contributed by atoms with Crippen molar-refractivity contribution in [2.45, 2.75) is 0 Å². The number of anilines is 1. The Labute approximate surface area is 92.0 Å². The first-order valence-electron chi connectivity index (χ1n) is 4.36. The lowest BCUT2D eigenvalue weighted by atomic mass is 10.1. The van der Waals surface area contributed by atoms with E-state index in [0.717, 1.165) is 17.0 Å². The normalized spacial score (nSPS) is 10.3. The number of benzene rings is 1. The second-order valence-electron chi connectivity index (χ2n) is 3.03. The minimum absolute atomic E-state index is 0.308. The molecule has 2 aromatic rings. The number of H-pyrrole nitrogens is 1. The molecular formula is C10H10ClN3O. The fraction of sp³-hybridized carbons (Fsp3) is 0.100. The fourth-order valence-corrected chi connectivity index (χ4v) is 1.48. The van der Waals surface area contributed by atoms with Crippen molar-refractivity contribution < 1.29 is 4.74 Å². The molecule has 0 aliphatic rings. The molecule has 4 nitrogen and oxygen atoms in total. The van der Waals surface area contributed by atoms with Gasteiger partial charge in [-0.3, -0.25) is 5.10 Å². The van der Waals surface area contributed by atoms with Crippen molar-refractivity contribution in [1.29, 1.82) is 0 Å². The van der Waals surface area contributed by atoms with E-state index in [2.05, 4.69) is 10.2 Å². The van der Waals surface area contributed by atoms with Crippen LogP contribution < -0.4 is 10.5 Å². The van der Waals surface area contributed by atoms with E-state index in [-0.39, 0.29) is 0 Å². The Hall–Kier alpha value is -1.68. The molecule has 1 aromatic carbocycles. The van der Waals surface area contributed by atoms with E-state index in [1.807, 2.05) is 24.3 Å². The molecule has 0 fully saturated rings. The van der Waals surface area contributed by atoms with Crippen LogP contribution in [0.4, 0.5) is 5.82 Å². The maximum atomic E-state index is 5.97. The van der Waals surface area contributed by atoms with E-state index >= 15 is 0 Å². The van der Waals surface area contributed by atoms with Gasteiger partial charge in [0, 0.05) is 5.56 Å². The number of nitrogen functional groups attached to an aromatic ring is 1. The first-order valence-corrected chi connectivity index (χ1v) is 4.74. The molecule has 5 heteroatoms. The largest absolute Gasteiger partial charge is 0.497 e. The monoisotopic (exact) mass is 223 g/mol. The number of nitrogens with one attached hydrogen (secondary N) is 1. The number of hydrogen-bond donors (Lipinski definition) is 2. The van der Waals surface area contributed by atoms with Crippen LogP contribution in [0.1, 0.15) is 0 Å². The van der Waals surface area contributed by atoms with E-state index in [9.17, 15) is 0 Å². The Kier molecular flexibility index (Phi) is 2.51. The third kappa shape index (κ3) is 1.76. The van der Waals surface area contributed by atoms with Crippen LogP contribution >= 0.6 is 11.6 Å². The van der Waals surface area contributed by atoms with Crippen LogP contribution in [0.3, 0.4) is 0 Å². The van der Waals surface area contributed by atoms with Crippen molar-refractivity contribution in [1.82, 2.24) is 10.2 Å². The van der Waals surface area contributed by atoms with Crippen molar-refractivity contribution in [2.75, 3.05) is 12.8 Å². The average Bonchev–Trinajstić information content (AvgIpc) is 2.60. The number of nitrogens with two attached hydrogens (primary N) is 1. The molecule has 0 atom stereocenters. The van der Waals surface area contributed by atoms with E-state index in [4.69, 9.17) is 22.1 Å². The highest BCUT2D eigenvalue weighted by Gasteiger charge is 2.09. The number of aromatic amines is 1. The Morgan fingerprint density at radius 1 is 1.33 bits per heavy atom. The summed E-state index contributed by atoms with van der Waals surface area (Å²) in [6, 6.07) is 7.47. The topological polar surface area (TPSA) is 63.9 Å². The van der Waals surface area contributed by atoms with Gasteiger partial charge in [0.15, 0.2) is 5.82 Å². The maximum absolute atomic E-state index is 5.97. The highest BCUT2D eigenvalue weighted by atomic mass is 35.5. The zero-order valence-corrected chi connectivity index (χ0v) is 8.88. The number of aromatic nitrogens is 2. The van der Waals surface area contributed by atoms with Gasteiger partial charge in [0.25, 0.3) is 0 Å². The molecule has 1 aromatic heterocycles. The van der Waals surface area contributed by atoms with Crippen molar-refractivity contribution in [3.63, 3.8) is 0 Å². The van der Waals surface area contributed by atoms with Crippen LogP contribution in [-0.4, -0.2) is 17.3 Å². The van der Waals surface area contributed by atoms with E-state index in [0.29, 0.717) is 10.8 Å². The van der Waals surface area contributed by atoms with Crippen molar-refractivity contribution in [2.24, 2.45) is 0 Å². The number of halogens is 1. The summed E-state index contributed by atoms with van der Waals surface area (Å²) in [7, 11) is 1.62. The van der Waals surface area contributed by atoms with Gasteiger partial charge < -0.3 is 10.5 Å². The van der Waals surface area contributed by atoms with Gasteiger partial charge in [0.05, 0.1) is 12.8 Å². The summed E-state index contributed by atoms with van der Waals surface area (Å²) in [5.41, 5.74) is 7.18. The summed E-state index contributed by atoms with van der Waals surface area (Å²) in [5.74, 6) is 1.10. The molecule has 15 heavy (non-hydrogen) atoms. The smallest absolute Gasteiger partial charge is 0.164 e. The zero-order valence-electron chi connectivity index (χ0n) is 8.12. The van der Waals surface area contributed by atoms with E-state index in [1.54, 1.807) is 7.11 Å². The third-order valence-corrected chi connectivity index (χ3v) is 2.49. The predicted molar refractivity (Wildman–Crippen MR) is 60.0 cm³/mol. The van der Waals surface area contributed by atoms with Gasteiger partial charge in [-0.15, -0.1) is 0 Å². The van der Waals surface area contributed by atoms with Crippen molar-refractivity contribution in [3.05, 3.63) is 29.3 Å². The molecule has 78 valence electrons. The molecule has 0 radical (unpaired) electrons. The molecular weight excluding hydrogens is 214 g/mol. The van der Waals surface area contributed by atoms with Crippen LogP contribution in [-0.2, 0) is 0 Å². The molecule has 1 heterocycles. The number of nitrogens with zero attached hydrogens (tertiary/aromatic N) is 1. The van der Waals surface area contributed by atoms with E-state index in [1.165, 1.54) is 0 Å². The lowest BCUT2D eigenvalue weighted by Gasteiger charge is -2.01. The first-order chi connectivity index (χ1) is 7.22. The standard InChI is InChI=1S/C10H10ClN3O/c1-15-7-4-2-6(3-5-7)9-8(11)10(12)14-13-9/h2-5H,1H3,(H3,12,13,14). The molecule has 0 saturated heterocycles. The minimum atomic E-state index is 0.308. The second-order valence-corrected chi connectivity index (χ2v) is 3.40. The van der Waals surface area contributed by atoms with Crippen LogP contribution in [0.5, 0.6) is 5.75 Å². The quantitative estimate of drug-likeness (QED) is 0.821. The summed E-state index contributed by atoms with van der Waals surface area (Å²) in [4.78, 5) is 0. The third-order valence-electron chi connectivity index (χ3n) is 2.11. The molecule has 0 spiro atoms. The van der Waals surface area contributed by atoms with Gasteiger partial charge in [0.2, 0.25) is 0 Å². The Bertz CT molecular complexity index is 464. The van der Waals surface area contributed by atoms with E-state index < -0.39 is 0 Å². The summed E-state index contributed by atoms with van der Waals surface area (Å²) in [6.45, 7) is 0. The maximum Gasteiger partial charge on any atom is 0.164 e. The highest BCUT2D eigenvalue weighted by Crippen LogP contribution is 2.30. The SMILES string of the molecule is COc1ccc(-c2[nH]nc(N)c2Cl)cc1. The molecule has 0 saturated carbocycles. The summed E-state index contributed by atoms with van der Waals surface area (Å²) < 4.78 is 5.06. The average molecular weight is 224 g/mol. The summed E-state index contributed by atoms with van der Waals surface area (Å²) in [5, 5.41) is 7.05. The van der Waals surface area contributed by atoms with Gasteiger partial charge in [-0.05, 0) is 24.3 Å². The van der Waals surface area contributed by atoms with Crippen LogP contribution in [0, 0.1) is 0 Å². The summed E-state index contributed by atoms with van der Waals surface area (Å²) in [6.07, 6.45) is 0. The highest BCUT2D eigenvalue weighted by molar-refractivity contribution is 6.35. The first kappa shape index (κ1) is 9.86.